The maximum atomic E-state index is 10.0. The highest BCUT2D eigenvalue weighted by molar-refractivity contribution is 5.52. The number of hydrogen-bond acceptors (Lipinski definition) is 4. The summed E-state index contributed by atoms with van der Waals surface area (Å²) in [7, 11) is 0. The third-order valence-corrected chi connectivity index (χ3v) is 1.63. The molecule has 0 aromatic carbocycles. The average molecular weight is 144 g/mol. The van der Waals surface area contributed by atoms with Gasteiger partial charge in [0.1, 0.15) is 12.5 Å². The smallest absolute Gasteiger partial charge is 0.134 e. The fourth-order valence-electron chi connectivity index (χ4n) is 1.04. The Morgan fingerprint density at radius 1 is 1.80 bits per heavy atom. The number of nitrogens with zero attached hydrogens (tertiary/aromatic N) is 1. The van der Waals surface area contributed by atoms with Gasteiger partial charge in [-0.15, -0.1) is 0 Å². The van der Waals surface area contributed by atoms with Crippen LogP contribution in [0.3, 0.4) is 0 Å². The number of piperazine rings is 1. The summed E-state index contributed by atoms with van der Waals surface area (Å²) in [4.78, 5) is 11.8. The van der Waals surface area contributed by atoms with Crippen molar-refractivity contribution >= 4 is 6.29 Å². The molecule has 58 valence electrons. The second-order valence-electron chi connectivity index (χ2n) is 2.35. The maximum Gasteiger partial charge on any atom is 0.134 e. The van der Waals surface area contributed by atoms with Gasteiger partial charge in [-0.1, -0.05) is 0 Å². The van der Waals surface area contributed by atoms with Gasteiger partial charge in [0.25, 0.3) is 0 Å². The van der Waals surface area contributed by atoms with Crippen LogP contribution in [0.4, 0.5) is 0 Å². The summed E-state index contributed by atoms with van der Waals surface area (Å²) in [5, 5.41) is 12.2. The van der Waals surface area contributed by atoms with Gasteiger partial charge in [-0.25, -0.2) is 0 Å². The first-order chi connectivity index (χ1) is 4.84. The molecule has 1 fully saturated rings. The summed E-state index contributed by atoms with van der Waals surface area (Å²) in [6, 6.07) is 0. The van der Waals surface area contributed by atoms with Gasteiger partial charge in [0, 0.05) is 19.6 Å². The third kappa shape index (κ3) is 1.76. The van der Waals surface area contributed by atoms with Crippen molar-refractivity contribution in [3.8, 4) is 0 Å². The van der Waals surface area contributed by atoms with Gasteiger partial charge in [-0.3, -0.25) is 4.90 Å². The summed E-state index contributed by atoms with van der Waals surface area (Å²) < 4.78 is 0. The Bertz CT molecular complexity index is 118. The lowest BCUT2D eigenvalue weighted by atomic mass is 10.3. The van der Waals surface area contributed by atoms with Gasteiger partial charge in [-0.05, 0) is 0 Å². The van der Waals surface area contributed by atoms with E-state index in [-0.39, 0.29) is 0 Å². The Labute approximate surface area is 59.8 Å². The molecule has 1 unspecified atom stereocenters. The van der Waals surface area contributed by atoms with Crippen molar-refractivity contribution in [2.24, 2.45) is 0 Å². The predicted molar refractivity (Wildman–Crippen MR) is 36.5 cm³/mol. The van der Waals surface area contributed by atoms with Gasteiger partial charge >= 0.3 is 0 Å². The minimum atomic E-state index is -0.487. The van der Waals surface area contributed by atoms with Crippen LogP contribution in [0.5, 0.6) is 0 Å². The zero-order valence-electron chi connectivity index (χ0n) is 5.79. The lowest BCUT2D eigenvalue weighted by Gasteiger charge is -2.30. The van der Waals surface area contributed by atoms with Crippen molar-refractivity contribution in [2.45, 2.75) is 6.23 Å². The van der Waals surface area contributed by atoms with Crippen LogP contribution in [0, 0.1) is 0 Å². The Hall–Kier alpha value is -0.450. The molecule has 0 bridgehead atoms. The minimum Gasteiger partial charge on any atom is -0.377 e. The number of carbonyl (C=O) groups is 1. The molecule has 0 aromatic heterocycles. The highest BCUT2D eigenvalue weighted by Crippen LogP contribution is 1.96. The Morgan fingerprint density at radius 3 is 3.20 bits per heavy atom. The van der Waals surface area contributed by atoms with E-state index in [1.54, 1.807) is 4.90 Å². The van der Waals surface area contributed by atoms with E-state index >= 15 is 0 Å². The lowest BCUT2D eigenvalue weighted by Crippen LogP contribution is -2.51. The highest BCUT2D eigenvalue weighted by Gasteiger charge is 2.17. The molecular formula is C6H12N2O2. The monoisotopic (exact) mass is 144 g/mol. The number of aliphatic hydroxyl groups is 1. The molecule has 0 amide bonds. The van der Waals surface area contributed by atoms with Crippen molar-refractivity contribution in [1.29, 1.82) is 0 Å². The van der Waals surface area contributed by atoms with Crippen molar-refractivity contribution in [2.75, 3.05) is 26.2 Å². The van der Waals surface area contributed by atoms with Gasteiger partial charge in [0.2, 0.25) is 0 Å². The third-order valence-electron chi connectivity index (χ3n) is 1.63. The Balaban J connectivity index is 2.32. The summed E-state index contributed by atoms with van der Waals surface area (Å²) in [5.74, 6) is 0. The highest BCUT2D eigenvalue weighted by atomic mass is 16.3. The molecule has 0 aliphatic carbocycles. The molecule has 1 saturated heterocycles. The number of aldehydes is 1. The molecule has 0 radical (unpaired) electrons. The zero-order valence-corrected chi connectivity index (χ0v) is 5.79. The predicted octanol–water partition coefficient (Wildman–Crippen LogP) is -1.59. The quantitative estimate of drug-likeness (QED) is 0.459. The van der Waals surface area contributed by atoms with E-state index < -0.39 is 6.23 Å². The summed E-state index contributed by atoms with van der Waals surface area (Å²) in [6.45, 7) is 2.50. The van der Waals surface area contributed by atoms with E-state index in [1.807, 2.05) is 0 Å². The molecule has 1 aliphatic heterocycles. The first-order valence-corrected chi connectivity index (χ1v) is 3.41. The van der Waals surface area contributed by atoms with E-state index in [0.29, 0.717) is 13.1 Å². The van der Waals surface area contributed by atoms with E-state index in [2.05, 4.69) is 5.32 Å². The fraction of sp³-hybridized carbons (Fsp3) is 0.833. The van der Waals surface area contributed by atoms with E-state index in [1.165, 1.54) is 0 Å². The zero-order chi connectivity index (χ0) is 7.40. The first kappa shape index (κ1) is 7.65. The topological polar surface area (TPSA) is 52.6 Å². The molecule has 0 saturated carbocycles. The Kier molecular flexibility index (Phi) is 2.80. The van der Waals surface area contributed by atoms with Crippen LogP contribution in [0.1, 0.15) is 0 Å². The molecule has 0 aromatic rings. The normalized spacial score (nSPS) is 28.3. The van der Waals surface area contributed by atoms with Crippen LogP contribution >= 0.6 is 0 Å². The molecule has 2 N–H and O–H groups in total. The SMILES string of the molecule is O=CCN1CCNCC1O. The van der Waals surface area contributed by atoms with Crippen molar-refractivity contribution in [3.63, 3.8) is 0 Å². The van der Waals surface area contributed by atoms with Crippen LogP contribution in [-0.2, 0) is 4.79 Å². The lowest BCUT2D eigenvalue weighted by molar-refractivity contribution is -0.112. The molecule has 1 aliphatic rings. The van der Waals surface area contributed by atoms with Crippen LogP contribution in [0.25, 0.3) is 0 Å². The molecule has 1 heterocycles. The number of carbonyl (C=O) groups excluding carboxylic acids is 1. The van der Waals surface area contributed by atoms with Gasteiger partial charge in [0.05, 0.1) is 6.54 Å². The summed E-state index contributed by atoms with van der Waals surface area (Å²) in [6.07, 6.45) is 0.327. The number of rotatable bonds is 2. The van der Waals surface area contributed by atoms with Crippen LogP contribution in [0.2, 0.25) is 0 Å². The van der Waals surface area contributed by atoms with Crippen LogP contribution in [0.15, 0.2) is 0 Å². The van der Waals surface area contributed by atoms with E-state index in [9.17, 15) is 9.90 Å². The standard InChI is InChI=1S/C6H12N2O2/c9-4-3-8-2-1-7-5-6(8)10/h4,6-7,10H,1-3,5H2. The molecule has 1 rings (SSSR count). The number of hydrogen-bond donors (Lipinski definition) is 2. The van der Waals surface area contributed by atoms with Crippen LogP contribution in [-0.4, -0.2) is 48.7 Å². The largest absolute Gasteiger partial charge is 0.377 e. The van der Waals surface area contributed by atoms with Crippen molar-refractivity contribution in [1.82, 2.24) is 10.2 Å². The molecular weight excluding hydrogens is 132 g/mol. The van der Waals surface area contributed by atoms with Crippen molar-refractivity contribution < 1.29 is 9.90 Å². The number of aliphatic hydroxyl groups excluding tert-OH is 1. The molecule has 10 heavy (non-hydrogen) atoms. The number of nitrogens with one attached hydrogen (secondary N) is 1. The van der Waals surface area contributed by atoms with E-state index in [0.717, 1.165) is 19.4 Å². The minimum absolute atomic E-state index is 0.336. The van der Waals surface area contributed by atoms with Crippen molar-refractivity contribution in [3.05, 3.63) is 0 Å². The van der Waals surface area contributed by atoms with Gasteiger partial charge in [-0.2, -0.15) is 0 Å². The first-order valence-electron chi connectivity index (χ1n) is 3.41. The summed E-state index contributed by atoms with van der Waals surface area (Å²) in [5.41, 5.74) is 0. The number of β-amino-alcohol motifs (C(OH)–C–C–N with tert-alkyl or cyclic N) is 1. The maximum absolute atomic E-state index is 10.0. The molecule has 4 heteroatoms. The van der Waals surface area contributed by atoms with E-state index in [4.69, 9.17) is 0 Å². The van der Waals surface area contributed by atoms with Crippen LogP contribution < -0.4 is 5.32 Å². The second-order valence-corrected chi connectivity index (χ2v) is 2.35. The fourth-order valence-corrected chi connectivity index (χ4v) is 1.04. The summed E-state index contributed by atoms with van der Waals surface area (Å²) >= 11 is 0. The molecule has 1 atom stereocenters. The van der Waals surface area contributed by atoms with Gasteiger partial charge in [0.15, 0.2) is 0 Å². The Morgan fingerprint density at radius 2 is 2.60 bits per heavy atom. The second kappa shape index (κ2) is 3.65. The molecule has 0 spiro atoms. The molecule has 4 nitrogen and oxygen atoms in total. The van der Waals surface area contributed by atoms with Gasteiger partial charge < -0.3 is 15.2 Å². The average Bonchev–Trinajstić information content (AvgIpc) is 1.94.